The van der Waals surface area contributed by atoms with Crippen molar-refractivity contribution in [3.05, 3.63) is 64.3 Å². The van der Waals surface area contributed by atoms with Crippen LogP contribution in [0.5, 0.6) is 0 Å². The van der Waals surface area contributed by atoms with Gasteiger partial charge in [0.05, 0.1) is 17.9 Å². The molecule has 2 aromatic heterocycles. The first kappa shape index (κ1) is 19.5. The summed E-state index contributed by atoms with van der Waals surface area (Å²) in [5.74, 6) is 0.382. The van der Waals surface area contributed by atoms with Gasteiger partial charge in [-0.2, -0.15) is 5.10 Å². The minimum absolute atomic E-state index is 0.116. The molecule has 1 unspecified atom stereocenters. The number of anilines is 1. The largest absolute Gasteiger partial charge is 0.370 e. The van der Waals surface area contributed by atoms with E-state index in [4.69, 9.17) is 4.52 Å². The Morgan fingerprint density at radius 1 is 1.13 bits per heavy atom. The fraction of sp³-hybridized carbons (Fsp3) is 0.391. The van der Waals surface area contributed by atoms with Crippen molar-refractivity contribution in [1.82, 2.24) is 19.8 Å². The van der Waals surface area contributed by atoms with Gasteiger partial charge in [0.15, 0.2) is 0 Å². The second kappa shape index (κ2) is 8.02. The lowest BCUT2D eigenvalue weighted by Crippen LogP contribution is -2.44. The van der Waals surface area contributed by atoms with Crippen molar-refractivity contribution < 1.29 is 9.32 Å². The summed E-state index contributed by atoms with van der Waals surface area (Å²) in [5, 5.41) is 8.58. The summed E-state index contributed by atoms with van der Waals surface area (Å²) >= 11 is 0. The zero-order chi connectivity index (χ0) is 21.4. The van der Waals surface area contributed by atoms with Gasteiger partial charge in [-0.25, -0.2) is 4.68 Å². The van der Waals surface area contributed by atoms with Crippen LogP contribution in [0.2, 0.25) is 0 Å². The molecule has 5 rings (SSSR count). The van der Waals surface area contributed by atoms with Crippen LogP contribution >= 0.6 is 0 Å². The van der Waals surface area contributed by atoms with E-state index in [1.54, 1.807) is 24.1 Å². The van der Waals surface area contributed by atoms with Gasteiger partial charge in [-0.1, -0.05) is 35.5 Å². The number of aromatic nitrogens is 3. The topological polar surface area (TPSA) is 84.5 Å². The lowest BCUT2D eigenvalue weighted by molar-refractivity contribution is 0.0669. The van der Waals surface area contributed by atoms with E-state index >= 15 is 0 Å². The van der Waals surface area contributed by atoms with E-state index in [1.807, 2.05) is 30.3 Å². The van der Waals surface area contributed by atoms with E-state index in [0.717, 1.165) is 43.6 Å². The Labute approximate surface area is 180 Å². The second-order valence-electron chi connectivity index (χ2n) is 8.21. The number of benzene rings is 1. The average molecular weight is 419 g/mol. The van der Waals surface area contributed by atoms with Crippen molar-refractivity contribution in [2.75, 3.05) is 31.1 Å². The molecule has 0 N–H and O–H groups in total. The fourth-order valence-corrected chi connectivity index (χ4v) is 4.34. The number of carbonyl (C=O) groups is 1. The van der Waals surface area contributed by atoms with Crippen molar-refractivity contribution >= 4 is 11.6 Å². The monoisotopic (exact) mass is 419 g/mol. The number of carbonyl (C=O) groups excluding carboxylic acids is 1. The maximum atomic E-state index is 13.4. The van der Waals surface area contributed by atoms with Crippen molar-refractivity contribution in [2.45, 2.75) is 32.2 Å². The molecule has 1 amide bonds. The standard InChI is InChI=1S/C23H25N5O3/c1-16-21(22(25-31-16)17-7-3-2-4-8-17)23(30)27-10-5-9-18(15-27)28-20(29)13-19(14-24-28)26-11-6-12-26/h2-4,7-8,13-14,18H,5-6,9-12,15H2,1H3. The summed E-state index contributed by atoms with van der Waals surface area (Å²) in [6.07, 6.45) is 4.53. The van der Waals surface area contributed by atoms with Crippen LogP contribution in [0.3, 0.4) is 0 Å². The van der Waals surface area contributed by atoms with E-state index in [9.17, 15) is 9.59 Å². The van der Waals surface area contributed by atoms with Crippen LogP contribution in [0.25, 0.3) is 11.3 Å². The third-order valence-corrected chi connectivity index (χ3v) is 6.19. The molecule has 1 atom stereocenters. The highest BCUT2D eigenvalue weighted by atomic mass is 16.5. The number of hydrogen-bond acceptors (Lipinski definition) is 6. The summed E-state index contributed by atoms with van der Waals surface area (Å²) in [5.41, 5.74) is 2.65. The summed E-state index contributed by atoms with van der Waals surface area (Å²) < 4.78 is 6.90. The van der Waals surface area contributed by atoms with Crippen LogP contribution in [0, 0.1) is 6.92 Å². The van der Waals surface area contributed by atoms with Crippen LogP contribution in [0.1, 0.15) is 41.4 Å². The number of likely N-dealkylation sites (tertiary alicyclic amines) is 1. The second-order valence-corrected chi connectivity index (χ2v) is 8.21. The Morgan fingerprint density at radius 2 is 1.94 bits per heavy atom. The van der Waals surface area contributed by atoms with Gasteiger partial charge in [0.1, 0.15) is 17.0 Å². The highest BCUT2D eigenvalue weighted by Crippen LogP contribution is 2.29. The molecule has 1 aromatic carbocycles. The summed E-state index contributed by atoms with van der Waals surface area (Å²) in [4.78, 5) is 30.1. The summed E-state index contributed by atoms with van der Waals surface area (Å²) in [6.45, 7) is 4.77. The molecule has 4 heterocycles. The van der Waals surface area contributed by atoms with Gasteiger partial charge in [0, 0.05) is 37.8 Å². The maximum Gasteiger partial charge on any atom is 0.269 e. The first-order valence-electron chi connectivity index (χ1n) is 10.8. The highest BCUT2D eigenvalue weighted by Gasteiger charge is 2.31. The first-order chi connectivity index (χ1) is 15.1. The quantitative estimate of drug-likeness (QED) is 0.647. The molecule has 0 bridgehead atoms. The Kier molecular flexibility index (Phi) is 5.05. The van der Waals surface area contributed by atoms with E-state index in [2.05, 4.69) is 15.2 Å². The van der Waals surface area contributed by atoms with Crippen molar-refractivity contribution in [2.24, 2.45) is 0 Å². The normalized spacial score (nSPS) is 18.7. The van der Waals surface area contributed by atoms with Crippen molar-refractivity contribution in [3.8, 4) is 11.3 Å². The van der Waals surface area contributed by atoms with Crippen molar-refractivity contribution in [3.63, 3.8) is 0 Å². The number of nitrogens with zero attached hydrogens (tertiary/aromatic N) is 5. The molecular weight excluding hydrogens is 394 g/mol. The predicted octanol–water partition coefficient (Wildman–Crippen LogP) is 2.89. The van der Waals surface area contributed by atoms with E-state index in [1.165, 1.54) is 4.68 Å². The molecule has 3 aromatic rings. The van der Waals surface area contributed by atoms with Crippen LogP contribution < -0.4 is 10.5 Å². The molecule has 2 aliphatic heterocycles. The number of rotatable bonds is 4. The van der Waals surface area contributed by atoms with Crippen LogP contribution in [0.4, 0.5) is 5.69 Å². The third-order valence-electron chi connectivity index (χ3n) is 6.19. The maximum absolute atomic E-state index is 13.4. The minimum Gasteiger partial charge on any atom is -0.370 e. The smallest absolute Gasteiger partial charge is 0.269 e. The van der Waals surface area contributed by atoms with Gasteiger partial charge in [-0.15, -0.1) is 0 Å². The Balaban J connectivity index is 1.39. The highest BCUT2D eigenvalue weighted by molar-refractivity contribution is 6.00. The lowest BCUT2D eigenvalue weighted by Gasteiger charge is -2.34. The zero-order valence-corrected chi connectivity index (χ0v) is 17.5. The summed E-state index contributed by atoms with van der Waals surface area (Å²) in [7, 11) is 0. The van der Waals surface area contributed by atoms with Gasteiger partial charge >= 0.3 is 0 Å². The minimum atomic E-state index is -0.143. The van der Waals surface area contributed by atoms with Crippen molar-refractivity contribution in [1.29, 1.82) is 0 Å². The van der Waals surface area contributed by atoms with Crippen LogP contribution in [-0.4, -0.2) is 51.9 Å². The average Bonchev–Trinajstić information content (AvgIpc) is 3.14. The fourth-order valence-electron chi connectivity index (χ4n) is 4.34. The Hall–Kier alpha value is -3.42. The zero-order valence-electron chi connectivity index (χ0n) is 17.5. The van der Waals surface area contributed by atoms with E-state index < -0.39 is 0 Å². The number of amides is 1. The molecule has 31 heavy (non-hydrogen) atoms. The third kappa shape index (κ3) is 3.62. The van der Waals surface area contributed by atoms with Gasteiger partial charge in [0.2, 0.25) is 0 Å². The Bertz CT molecular complexity index is 1150. The molecule has 2 fully saturated rings. The SMILES string of the molecule is Cc1onc(-c2ccccc2)c1C(=O)N1CCCC(n2ncc(N3CCC3)cc2=O)C1. The molecular formula is C23H25N5O3. The molecule has 2 aliphatic rings. The molecule has 8 heteroatoms. The van der Waals surface area contributed by atoms with Crippen LogP contribution in [0.15, 0.2) is 51.9 Å². The molecule has 0 radical (unpaired) electrons. The Morgan fingerprint density at radius 3 is 2.65 bits per heavy atom. The van der Waals surface area contributed by atoms with E-state index in [0.29, 0.717) is 30.1 Å². The van der Waals surface area contributed by atoms with Gasteiger partial charge in [0.25, 0.3) is 11.5 Å². The molecule has 0 saturated carbocycles. The molecule has 8 nitrogen and oxygen atoms in total. The number of aryl methyl sites for hydroxylation is 1. The van der Waals surface area contributed by atoms with Crippen LogP contribution in [-0.2, 0) is 0 Å². The van der Waals surface area contributed by atoms with Gasteiger partial charge in [-0.05, 0) is 26.2 Å². The first-order valence-corrected chi connectivity index (χ1v) is 10.8. The molecule has 0 spiro atoms. The molecule has 2 saturated heterocycles. The number of hydrogen-bond donors (Lipinski definition) is 0. The molecule has 160 valence electrons. The predicted molar refractivity (Wildman–Crippen MR) is 116 cm³/mol. The van der Waals surface area contributed by atoms with Gasteiger partial charge in [-0.3, -0.25) is 9.59 Å². The lowest BCUT2D eigenvalue weighted by atomic mass is 10.0. The number of piperidine rings is 1. The molecule has 0 aliphatic carbocycles. The van der Waals surface area contributed by atoms with E-state index in [-0.39, 0.29) is 17.5 Å². The van der Waals surface area contributed by atoms with Gasteiger partial charge < -0.3 is 14.3 Å². The summed E-state index contributed by atoms with van der Waals surface area (Å²) in [6, 6.07) is 11.1.